The highest BCUT2D eigenvalue weighted by molar-refractivity contribution is 6.21. The summed E-state index contributed by atoms with van der Waals surface area (Å²) < 4.78 is 74.1. The minimum absolute atomic E-state index is 0.179. The van der Waals surface area contributed by atoms with Crippen molar-refractivity contribution in [2.24, 2.45) is 0 Å². The average Bonchev–Trinajstić information content (AvgIpc) is 3.49. The first kappa shape index (κ1) is 17.4. The van der Waals surface area contributed by atoms with Crippen LogP contribution in [0.5, 0.6) is 0 Å². The maximum atomic E-state index is 9.28. The van der Waals surface area contributed by atoms with E-state index in [9.17, 15) is 5.48 Å². The first-order valence-electron chi connectivity index (χ1n) is 17.7. The molecule has 0 saturated heterocycles. The molecule has 8 aromatic rings. The molecule has 0 unspecified atom stereocenters. The molecule has 7 aromatic carbocycles. The fourth-order valence-electron chi connectivity index (χ4n) is 5.96. The molecule has 0 saturated carbocycles. The molecular weight excluding hydrogens is 508 g/mol. The van der Waals surface area contributed by atoms with Crippen LogP contribution in [0.2, 0.25) is 0 Å². The van der Waals surface area contributed by atoms with Gasteiger partial charge in [-0.05, 0) is 92.2 Å². The molecule has 0 aliphatic carbocycles. The van der Waals surface area contributed by atoms with Gasteiger partial charge < -0.3 is 0 Å². The first-order chi connectivity index (χ1) is 24.1. The largest absolute Gasteiger partial charge is 0.297 e. The number of para-hydroxylation sites is 2. The van der Waals surface area contributed by atoms with Crippen molar-refractivity contribution in [1.82, 2.24) is 9.55 Å². The average molecular weight is 545 g/mol. The van der Waals surface area contributed by atoms with Crippen LogP contribution in [0.4, 0.5) is 0 Å². The summed E-state index contributed by atoms with van der Waals surface area (Å²) >= 11 is 0. The summed E-state index contributed by atoms with van der Waals surface area (Å²) in [6.45, 7) is 1.91. The van der Waals surface area contributed by atoms with Crippen molar-refractivity contribution < 1.29 is 11.0 Å². The van der Waals surface area contributed by atoms with Gasteiger partial charge in [0.1, 0.15) is 5.82 Å². The van der Waals surface area contributed by atoms with E-state index in [4.69, 9.17) is 10.5 Å². The Balaban J connectivity index is 1.57. The van der Waals surface area contributed by atoms with Crippen molar-refractivity contribution in [1.29, 1.82) is 0 Å². The molecule has 2 nitrogen and oxygen atoms in total. The SMILES string of the molecule is [2H]c1c([2H])c([2H])c2c(-c3cccc(-n4c(C)nc5ccccc54)c3)c3c([2H])c([2H])c([2H])c([2H])c3c(-c3cccc(-c4ccccc4)c3)c2c1[2H]. The van der Waals surface area contributed by atoms with Gasteiger partial charge in [-0.15, -0.1) is 0 Å². The topological polar surface area (TPSA) is 17.8 Å². The molecule has 0 aliphatic heterocycles. The van der Waals surface area contributed by atoms with E-state index >= 15 is 0 Å². The van der Waals surface area contributed by atoms with Crippen molar-refractivity contribution in [3.05, 3.63) is 157 Å². The van der Waals surface area contributed by atoms with Crippen LogP contribution in [0.25, 0.3) is 71.6 Å². The predicted octanol–water partition coefficient (Wildman–Crippen LogP) is 10.6. The molecule has 0 amide bonds. The van der Waals surface area contributed by atoms with Crippen LogP contribution >= 0.6 is 0 Å². The summed E-state index contributed by atoms with van der Waals surface area (Å²) in [4.78, 5) is 4.72. The Morgan fingerprint density at radius 2 is 1.05 bits per heavy atom. The number of hydrogen-bond donors (Lipinski definition) is 0. The zero-order chi connectivity index (χ0) is 35.0. The maximum Gasteiger partial charge on any atom is 0.111 e. The molecule has 0 atom stereocenters. The Bertz CT molecular complexity index is 2620. The van der Waals surface area contributed by atoms with E-state index in [0.29, 0.717) is 22.3 Å². The van der Waals surface area contributed by atoms with Crippen molar-refractivity contribution >= 4 is 32.6 Å². The number of imidazole rings is 1. The van der Waals surface area contributed by atoms with Gasteiger partial charge in [0.25, 0.3) is 0 Å². The molecule has 0 N–H and O–H groups in total. The van der Waals surface area contributed by atoms with E-state index in [-0.39, 0.29) is 45.7 Å². The van der Waals surface area contributed by atoms with Gasteiger partial charge in [0, 0.05) is 5.69 Å². The van der Waals surface area contributed by atoms with E-state index in [1.807, 2.05) is 115 Å². The standard InChI is InChI=1S/C40H28N2/c1-27-41-37-23-9-10-24-38(37)42(27)32-18-12-17-31(26-32)40-35-21-7-5-19-33(35)39(34-20-6-8-22-36(34)40)30-16-11-15-29(25-30)28-13-3-2-4-14-28/h2-26H,1H3/i5D,6D,7D,8D,19D,20D,21D,22D. The van der Waals surface area contributed by atoms with Crippen molar-refractivity contribution in [3.8, 4) is 39.1 Å². The first-order valence-corrected chi connectivity index (χ1v) is 13.7. The summed E-state index contributed by atoms with van der Waals surface area (Å²) in [5.41, 5.74) is 5.96. The third-order valence-electron chi connectivity index (χ3n) is 7.75. The lowest BCUT2D eigenvalue weighted by Crippen LogP contribution is -1.97. The number of aromatic nitrogens is 2. The molecule has 0 radical (unpaired) electrons. The van der Waals surface area contributed by atoms with Crippen LogP contribution in [-0.4, -0.2) is 9.55 Å². The number of fused-ring (bicyclic) bond motifs is 3. The van der Waals surface area contributed by atoms with Crippen LogP contribution in [0, 0.1) is 6.92 Å². The highest BCUT2D eigenvalue weighted by Gasteiger charge is 2.18. The summed E-state index contributed by atoms with van der Waals surface area (Å²) in [6.07, 6.45) is 0. The third-order valence-corrected chi connectivity index (χ3v) is 7.75. The Kier molecular flexibility index (Phi) is 4.08. The Hall–Kier alpha value is -5.47. The van der Waals surface area contributed by atoms with Gasteiger partial charge in [-0.3, -0.25) is 4.57 Å². The second-order valence-electron chi connectivity index (χ2n) is 10.2. The molecule has 1 aromatic heterocycles. The number of aryl methyl sites for hydroxylation is 1. The second kappa shape index (κ2) is 9.87. The second-order valence-corrected chi connectivity index (χ2v) is 10.2. The molecule has 1 heterocycles. The fraction of sp³-hybridized carbons (Fsp3) is 0.0250. The molecule has 0 fully saturated rings. The number of benzene rings is 7. The van der Waals surface area contributed by atoms with Crippen molar-refractivity contribution in [2.75, 3.05) is 0 Å². The minimum Gasteiger partial charge on any atom is -0.297 e. The van der Waals surface area contributed by atoms with Gasteiger partial charge >= 0.3 is 0 Å². The molecule has 42 heavy (non-hydrogen) atoms. The van der Waals surface area contributed by atoms with Gasteiger partial charge in [-0.1, -0.05) is 121 Å². The minimum atomic E-state index is -0.430. The summed E-state index contributed by atoms with van der Waals surface area (Å²) in [7, 11) is 0. The van der Waals surface area contributed by atoms with Gasteiger partial charge in [0.05, 0.1) is 22.0 Å². The molecular formula is C40H28N2. The van der Waals surface area contributed by atoms with E-state index in [0.717, 1.165) is 33.7 Å². The van der Waals surface area contributed by atoms with Crippen molar-refractivity contribution in [2.45, 2.75) is 6.92 Å². The lowest BCUT2D eigenvalue weighted by Gasteiger charge is -2.19. The van der Waals surface area contributed by atoms with E-state index < -0.39 is 24.2 Å². The Labute approximate surface area is 256 Å². The predicted molar refractivity (Wildman–Crippen MR) is 177 cm³/mol. The molecule has 198 valence electrons. The van der Waals surface area contributed by atoms with E-state index in [1.165, 1.54) is 0 Å². The third kappa shape index (κ3) is 3.92. The summed E-state index contributed by atoms with van der Waals surface area (Å²) in [5, 5.41) is 0.725. The van der Waals surface area contributed by atoms with Crippen molar-refractivity contribution in [3.63, 3.8) is 0 Å². The van der Waals surface area contributed by atoms with Crippen LogP contribution < -0.4 is 0 Å². The van der Waals surface area contributed by atoms with E-state index in [1.54, 1.807) is 0 Å². The Morgan fingerprint density at radius 1 is 0.524 bits per heavy atom. The highest BCUT2D eigenvalue weighted by Crippen LogP contribution is 2.44. The zero-order valence-electron chi connectivity index (χ0n) is 30.7. The van der Waals surface area contributed by atoms with Crippen LogP contribution in [0.15, 0.2) is 151 Å². The lowest BCUT2D eigenvalue weighted by atomic mass is 9.85. The highest BCUT2D eigenvalue weighted by atomic mass is 15.1. The molecule has 0 spiro atoms. The fourth-order valence-corrected chi connectivity index (χ4v) is 5.96. The normalized spacial score (nSPS) is 14.1. The van der Waals surface area contributed by atoms with Crippen LogP contribution in [-0.2, 0) is 0 Å². The quantitative estimate of drug-likeness (QED) is 0.202. The van der Waals surface area contributed by atoms with E-state index in [2.05, 4.69) is 0 Å². The van der Waals surface area contributed by atoms with Gasteiger partial charge in [0.15, 0.2) is 0 Å². The zero-order valence-corrected chi connectivity index (χ0v) is 22.7. The number of hydrogen-bond acceptors (Lipinski definition) is 1. The molecule has 8 rings (SSSR count). The molecule has 2 heteroatoms. The lowest BCUT2D eigenvalue weighted by molar-refractivity contribution is 1.00. The van der Waals surface area contributed by atoms with Gasteiger partial charge in [-0.25, -0.2) is 4.98 Å². The smallest absolute Gasteiger partial charge is 0.111 e. The molecule has 0 bridgehead atoms. The molecule has 0 aliphatic rings. The monoisotopic (exact) mass is 544 g/mol. The summed E-state index contributed by atoms with van der Waals surface area (Å²) in [6, 6.07) is 29.6. The Morgan fingerprint density at radius 3 is 1.71 bits per heavy atom. The maximum absolute atomic E-state index is 9.28. The number of rotatable bonds is 4. The number of nitrogens with zero attached hydrogens (tertiary/aromatic N) is 2. The van der Waals surface area contributed by atoms with Gasteiger partial charge in [-0.2, -0.15) is 0 Å². The summed E-state index contributed by atoms with van der Waals surface area (Å²) in [5.74, 6) is 0.746. The van der Waals surface area contributed by atoms with Crippen LogP contribution in [0.1, 0.15) is 16.8 Å². The van der Waals surface area contributed by atoms with Crippen LogP contribution in [0.3, 0.4) is 0 Å². The van der Waals surface area contributed by atoms with Gasteiger partial charge in [0.2, 0.25) is 0 Å².